The molecule has 1 heterocycles. The standard InChI is InChI=1S/C16H20ClN3O/c1-10(2)8-20(12-4-5-12)9-15-18-14-7-11(17)3-6-13(14)16(21)19-15/h3,6-7,10,12H,4-5,8-9H2,1-2H3,(H,18,19,21). The van der Waals surface area contributed by atoms with Gasteiger partial charge in [0, 0.05) is 17.6 Å². The summed E-state index contributed by atoms with van der Waals surface area (Å²) in [5, 5.41) is 1.19. The van der Waals surface area contributed by atoms with Gasteiger partial charge in [-0.05, 0) is 37.0 Å². The van der Waals surface area contributed by atoms with Crippen LogP contribution >= 0.6 is 11.6 Å². The topological polar surface area (TPSA) is 49.0 Å². The second-order valence-corrected chi connectivity index (χ2v) is 6.66. The van der Waals surface area contributed by atoms with Crippen LogP contribution in [0.5, 0.6) is 0 Å². The third-order valence-electron chi connectivity index (χ3n) is 3.73. The maximum absolute atomic E-state index is 12.1. The van der Waals surface area contributed by atoms with E-state index in [-0.39, 0.29) is 5.56 Å². The molecule has 1 aromatic carbocycles. The van der Waals surface area contributed by atoms with E-state index >= 15 is 0 Å². The molecule has 0 saturated heterocycles. The third-order valence-corrected chi connectivity index (χ3v) is 3.97. The molecule has 4 nitrogen and oxygen atoms in total. The summed E-state index contributed by atoms with van der Waals surface area (Å²) < 4.78 is 0. The summed E-state index contributed by atoms with van der Waals surface area (Å²) in [5.41, 5.74) is 0.577. The number of halogens is 1. The molecule has 3 rings (SSSR count). The predicted octanol–water partition coefficient (Wildman–Crippen LogP) is 3.20. The SMILES string of the molecule is CC(C)CN(Cc1nc2cc(Cl)ccc2c(=O)[nH]1)C1CC1. The molecule has 0 spiro atoms. The maximum Gasteiger partial charge on any atom is 0.258 e. The molecular formula is C16H20ClN3O. The molecule has 0 atom stereocenters. The number of hydrogen-bond acceptors (Lipinski definition) is 3. The molecule has 0 unspecified atom stereocenters. The highest BCUT2D eigenvalue weighted by molar-refractivity contribution is 6.31. The molecule has 21 heavy (non-hydrogen) atoms. The van der Waals surface area contributed by atoms with E-state index in [4.69, 9.17) is 11.6 Å². The van der Waals surface area contributed by atoms with E-state index in [0.29, 0.717) is 34.4 Å². The summed E-state index contributed by atoms with van der Waals surface area (Å²) in [6.07, 6.45) is 2.49. The van der Waals surface area contributed by atoms with Crippen molar-refractivity contribution in [3.8, 4) is 0 Å². The Morgan fingerprint density at radius 1 is 1.43 bits per heavy atom. The van der Waals surface area contributed by atoms with Gasteiger partial charge in [-0.15, -0.1) is 0 Å². The van der Waals surface area contributed by atoms with Gasteiger partial charge in [0.15, 0.2) is 0 Å². The smallest absolute Gasteiger partial charge is 0.258 e. The summed E-state index contributed by atoms with van der Waals surface area (Å²) in [4.78, 5) is 22.0. The number of aromatic nitrogens is 2. The number of hydrogen-bond donors (Lipinski definition) is 1. The Hall–Kier alpha value is -1.39. The predicted molar refractivity (Wildman–Crippen MR) is 85.6 cm³/mol. The molecule has 112 valence electrons. The molecule has 1 aliphatic carbocycles. The van der Waals surface area contributed by atoms with Crippen molar-refractivity contribution in [1.82, 2.24) is 14.9 Å². The lowest BCUT2D eigenvalue weighted by Gasteiger charge is -2.23. The first-order valence-corrected chi connectivity index (χ1v) is 7.83. The van der Waals surface area contributed by atoms with Gasteiger partial charge in [-0.3, -0.25) is 9.69 Å². The van der Waals surface area contributed by atoms with Crippen molar-refractivity contribution in [1.29, 1.82) is 0 Å². The molecule has 1 aromatic heterocycles. The van der Waals surface area contributed by atoms with Crippen LogP contribution < -0.4 is 5.56 Å². The van der Waals surface area contributed by atoms with Crippen LogP contribution in [0, 0.1) is 5.92 Å². The van der Waals surface area contributed by atoms with Crippen LogP contribution in [0.2, 0.25) is 5.02 Å². The number of nitrogens with one attached hydrogen (secondary N) is 1. The van der Waals surface area contributed by atoms with Gasteiger partial charge in [-0.1, -0.05) is 25.4 Å². The Morgan fingerprint density at radius 2 is 2.19 bits per heavy atom. The van der Waals surface area contributed by atoms with Crippen molar-refractivity contribution in [2.24, 2.45) is 5.92 Å². The second-order valence-electron chi connectivity index (χ2n) is 6.23. The number of H-pyrrole nitrogens is 1. The summed E-state index contributed by atoms with van der Waals surface area (Å²) >= 11 is 6.00. The first kappa shape index (κ1) is 14.5. The van der Waals surface area contributed by atoms with Crippen molar-refractivity contribution < 1.29 is 0 Å². The Kier molecular flexibility index (Phi) is 4.00. The zero-order valence-electron chi connectivity index (χ0n) is 12.4. The molecule has 0 radical (unpaired) electrons. The molecule has 0 bridgehead atoms. The minimum absolute atomic E-state index is 0.0908. The normalized spacial score (nSPS) is 15.3. The van der Waals surface area contributed by atoms with Crippen molar-refractivity contribution in [2.75, 3.05) is 6.54 Å². The number of rotatable bonds is 5. The molecule has 2 aromatic rings. The largest absolute Gasteiger partial charge is 0.309 e. The van der Waals surface area contributed by atoms with Gasteiger partial charge in [0.05, 0.1) is 17.4 Å². The molecule has 5 heteroatoms. The van der Waals surface area contributed by atoms with Gasteiger partial charge in [-0.2, -0.15) is 0 Å². The molecule has 1 aliphatic rings. The summed E-state index contributed by atoms with van der Waals surface area (Å²) in [5.74, 6) is 1.33. The molecule has 0 aliphatic heterocycles. The number of aromatic amines is 1. The lowest BCUT2D eigenvalue weighted by atomic mass is 10.2. The van der Waals surface area contributed by atoms with Crippen molar-refractivity contribution in [3.05, 3.63) is 39.4 Å². The van der Waals surface area contributed by atoms with Gasteiger partial charge in [0.25, 0.3) is 5.56 Å². The highest BCUT2D eigenvalue weighted by Crippen LogP contribution is 2.28. The van der Waals surface area contributed by atoms with Crippen LogP contribution in [0.25, 0.3) is 10.9 Å². The van der Waals surface area contributed by atoms with Crippen LogP contribution in [-0.2, 0) is 6.54 Å². The van der Waals surface area contributed by atoms with Crippen LogP contribution in [0.1, 0.15) is 32.5 Å². The highest BCUT2D eigenvalue weighted by Gasteiger charge is 2.29. The number of benzene rings is 1. The molecule has 1 saturated carbocycles. The van der Waals surface area contributed by atoms with E-state index in [9.17, 15) is 4.79 Å². The van der Waals surface area contributed by atoms with E-state index in [1.165, 1.54) is 12.8 Å². The molecule has 1 N–H and O–H groups in total. The van der Waals surface area contributed by atoms with Crippen LogP contribution in [0.4, 0.5) is 0 Å². The van der Waals surface area contributed by atoms with Gasteiger partial charge < -0.3 is 4.98 Å². The lowest BCUT2D eigenvalue weighted by molar-refractivity contribution is 0.221. The first-order valence-electron chi connectivity index (χ1n) is 7.45. The quantitative estimate of drug-likeness (QED) is 0.923. The Morgan fingerprint density at radius 3 is 2.86 bits per heavy atom. The van der Waals surface area contributed by atoms with Gasteiger partial charge in [0.2, 0.25) is 0 Å². The van der Waals surface area contributed by atoms with E-state index in [1.807, 2.05) is 0 Å². The van der Waals surface area contributed by atoms with Crippen LogP contribution in [0.3, 0.4) is 0 Å². The van der Waals surface area contributed by atoms with E-state index in [2.05, 4.69) is 28.7 Å². The highest BCUT2D eigenvalue weighted by atomic mass is 35.5. The van der Waals surface area contributed by atoms with Gasteiger partial charge >= 0.3 is 0 Å². The van der Waals surface area contributed by atoms with Crippen LogP contribution in [0.15, 0.2) is 23.0 Å². The zero-order chi connectivity index (χ0) is 15.0. The fourth-order valence-corrected chi connectivity index (χ4v) is 2.85. The summed E-state index contributed by atoms with van der Waals surface area (Å²) in [6.45, 7) is 6.15. The Bertz CT molecular complexity index is 706. The lowest BCUT2D eigenvalue weighted by Crippen LogP contribution is -2.31. The monoisotopic (exact) mass is 305 g/mol. The van der Waals surface area contributed by atoms with E-state index < -0.39 is 0 Å². The van der Waals surface area contributed by atoms with E-state index in [0.717, 1.165) is 12.4 Å². The average molecular weight is 306 g/mol. The maximum atomic E-state index is 12.1. The Labute approximate surface area is 129 Å². The third kappa shape index (κ3) is 3.44. The second kappa shape index (κ2) is 5.78. The van der Waals surface area contributed by atoms with Crippen molar-refractivity contribution >= 4 is 22.5 Å². The Balaban J connectivity index is 1.90. The zero-order valence-corrected chi connectivity index (χ0v) is 13.2. The molecule has 1 fully saturated rings. The molecule has 0 amide bonds. The fraction of sp³-hybridized carbons (Fsp3) is 0.500. The number of nitrogens with zero attached hydrogens (tertiary/aromatic N) is 2. The van der Waals surface area contributed by atoms with Gasteiger partial charge in [-0.25, -0.2) is 4.98 Å². The van der Waals surface area contributed by atoms with Crippen molar-refractivity contribution in [3.63, 3.8) is 0 Å². The fourth-order valence-electron chi connectivity index (χ4n) is 2.68. The minimum atomic E-state index is -0.0908. The summed E-state index contributed by atoms with van der Waals surface area (Å²) in [6, 6.07) is 5.84. The summed E-state index contributed by atoms with van der Waals surface area (Å²) in [7, 11) is 0. The van der Waals surface area contributed by atoms with Crippen molar-refractivity contribution in [2.45, 2.75) is 39.3 Å². The van der Waals surface area contributed by atoms with Gasteiger partial charge in [0.1, 0.15) is 5.82 Å². The first-order chi connectivity index (χ1) is 10.0. The number of fused-ring (bicyclic) bond motifs is 1. The van der Waals surface area contributed by atoms with E-state index in [1.54, 1.807) is 18.2 Å². The molecular weight excluding hydrogens is 286 g/mol. The van der Waals surface area contributed by atoms with Crippen LogP contribution in [-0.4, -0.2) is 27.5 Å². The minimum Gasteiger partial charge on any atom is -0.309 e. The average Bonchev–Trinajstić information content (AvgIpc) is 3.21.